The fourth-order valence-electron chi connectivity index (χ4n) is 2.22. The first kappa shape index (κ1) is 15.7. The van der Waals surface area contributed by atoms with Crippen molar-refractivity contribution < 1.29 is 17.6 Å². The first-order valence-electron chi connectivity index (χ1n) is 6.72. The van der Waals surface area contributed by atoms with Gasteiger partial charge in [-0.25, -0.2) is 17.5 Å². The summed E-state index contributed by atoms with van der Waals surface area (Å²) in [7, 11) is -4.07. The number of nitrogens with two attached hydrogens (primary N) is 1. The number of benzene rings is 1. The van der Waals surface area contributed by atoms with Gasteiger partial charge in [-0.3, -0.25) is 4.79 Å². The maximum absolute atomic E-state index is 13.6. The molecule has 0 aliphatic carbocycles. The maximum atomic E-state index is 13.6. The molecule has 3 N–H and O–H groups in total. The number of anilines is 1. The highest BCUT2D eigenvalue weighted by Crippen LogP contribution is 2.17. The van der Waals surface area contributed by atoms with Crippen molar-refractivity contribution in [2.45, 2.75) is 24.2 Å². The Labute approximate surface area is 123 Å². The second-order valence-corrected chi connectivity index (χ2v) is 6.69. The molecule has 1 aliphatic rings. The molecular weight excluding hydrogens is 297 g/mol. The molecule has 1 aromatic carbocycles. The van der Waals surface area contributed by atoms with E-state index in [1.165, 1.54) is 6.07 Å². The van der Waals surface area contributed by atoms with E-state index in [1.54, 1.807) is 4.90 Å². The number of sulfonamides is 1. The van der Waals surface area contributed by atoms with Crippen LogP contribution in [-0.4, -0.2) is 38.9 Å². The van der Waals surface area contributed by atoms with Gasteiger partial charge in [0, 0.05) is 18.8 Å². The van der Waals surface area contributed by atoms with Crippen molar-refractivity contribution in [3.63, 3.8) is 0 Å². The Morgan fingerprint density at radius 3 is 2.57 bits per heavy atom. The zero-order valence-corrected chi connectivity index (χ0v) is 12.3. The van der Waals surface area contributed by atoms with E-state index in [4.69, 9.17) is 5.73 Å². The van der Waals surface area contributed by atoms with Crippen LogP contribution in [0.1, 0.15) is 19.3 Å². The zero-order chi connectivity index (χ0) is 15.5. The van der Waals surface area contributed by atoms with Gasteiger partial charge in [-0.2, -0.15) is 0 Å². The van der Waals surface area contributed by atoms with Crippen molar-refractivity contribution in [1.29, 1.82) is 0 Å². The Kier molecular flexibility index (Phi) is 4.79. The van der Waals surface area contributed by atoms with E-state index in [-0.39, 0.29) is 18.1 Å². The number of carbonyl (C=O) groups is 1. The normalized spacial score (nSPS) is 16.0. The minimum Gasteiger partial charge on any atom is -0.399 e. The Morgan fingerprint density at radius 2 is 1.95 bits per heavy atom. The SMILES string of the molecule is Nc1ccc(S(=O)(=O)NCC(=O)N2CCCCC2)c(F)c1. The van der Waals surface area contributed by atoms with Crippen LogP contribution in [0.2, 0.25) is 0 Å². The number of carbonyl (C=O) groups excluding carboxylic acids is 1. The summed E-state index contributed by atoms with van der Waals surface area (Å²) in [5.74, 6) is -1.23. The van der Waals surface area contributed by atoms with Crippen LogP contribution in [-0.2, 0) is 14.8 Å². The van der Waals surface area contributed by atoms with Gasteiger partial charge < -0.3 is 10.6 Å². The average Bonchev–Trinajstić information content (AvgIpc) is 2.45. The van der Waals surface area contributed by atoms with Gasteiger partial charge in [0.2, 0.25) is 15.9 Å². The van der Waals surface area contributed by atoms with Crippen molar-refractivity contribution in [3.05, 3.63) is 24.0 Å². The molecule has 0 spiro atoms. The number of halogens is 1. The molecule has 0 aromatic heterocycles. The van der Waals surface area contributed by atoms with Gasteiger partial charge in [0.15, 0.2) is 0 Å². The van der Waals surface area contributed by atoms with Gasteiger partial charge in [-0.1, -0.05) is 0 Å². The van der Waals surface area contributed by atoms with Crippen LogP contribution in [0, 0.1) is 5.82 Å². The van der Waals surface area contributed by atoms with Crippen molar-refractivity contribution in [3.8, 4) is 0 Å². The number of likely N-dealkylation sites (tertiary alicyclic amines) is 1. The molecule has 116 valence electrons. The summed E-state index contributed by atoms with van der Waals surface area (Å²) < 4.78 is 39.7. The number of amides is 1. The summed E-state index contributed by atoms with van der Waals surface area (Å²) >= 11 is 0. The quantitative estimate of drug-likeness (QED) is 0.800. The standard InChI is InChI=1S/C13H18FN3O3S/c14-11-8-10(15)4-5-12(11)21(19,20)16-9-13(18)17-6-2-1-3-7-17/h4-5,8,16H,1-3,6-7,9,15H2. The van der Waals surface area contributed by atoms with Crippen molar-refractivity contribution in [2.24, 2.45) is 0 Å². The summed E-state index contributed by atoms with van der Waals surface area (Å²) in [5.41, 5.74) is 5.51. The van der Waals surface area contributed by atoms with Crippen LogP contribution in [0.25, 0.3) is 0 Å². The number of hydrogen-bond donors (Lipinski definition) is 2. The second kappa shape index (κ2) is 6.40. The summed E-state index contributed by atoms with van der Waals surface area (Å²) in [6.45, 7) is 0.903. The molecule has 21 heavy (non-hydrogen) atoms. The maximum Gasteiger partial charge on any atom is 0.243 e. The van der Waals surface area contributed by atoms with Gasteiger partial charge in [-0.05, 0) is 37.5 Å². The Bertz CT molecular complexity index is 628. The molecule has 1 heterocycles. The molecule has 0 atom stereocenters. The van der Waals surface area contributed by atoms with Crippen LogP contribution in [0.5, 0.6) is 0 Å². The predicted octanol–water partition coefficient (Wildman–Crippen LogP) is 0.699. The van der Waals surface area contributed by atoms with Gasteiger partial charge in [0.1, 0.15) is 10.7 Å². The number of rotatable bonds is 4. The number of nitrogens with one attached hydrogen (secondary N) is 1. The Hall–Kier alpha value is -1.67. The van der Waals surface area contributed by atoms with Crippen LogP contribution >= 0.6 is 0 Å². The van der Waals surface area contributed by atoms with Crippen LogP contribution in [0.3, 0.4) is 0 Å². The highest BCUT2D eigenvalue weighted by Gasteiger charge is 2.22. The van der Waals surface area contributed by atoms with Crippen molar-refractivity contribution in [2.75, 3.05) is 25.4 Å². The largest absolute Gasteiger partial charge is 0.399 e. The first-order chi connectivity index (χ1) is 9.90. The summed E-state index contributed by atoms with van der Waals surface area (Å²) in [4.78, 5) is 13.0. The molecule has 1 amide bonds. The second-order valence-electron chi connectivity index (χ2n) is 4.96. The van der Waals surface area contributed by atoms with Gasteiger partial charge in [-0.15, -0.1) is 0 Å². The van der Waals surface area contributed by atoms with Crippen LogP contribution in [0.15, 0.2) is 23.1 Å². The van der Waals surface area contributed by atoms with E-state index in [0.717, 1.165) is 31.4 Å². The molecule has 0 saturated carbocycles. The molecule has 0 radical (unpaired) electrons. The molecule has 2 rings (SSSR count). The van der Waals surface area contributed by atoms with Crippen LogP contribution < -0.4 is 10.5 Å². The first-order valence-corrected chi connectivity index (χ1v) is 8.21. The average molecular weight is 315 g/mol. The third-order valence-corrected chi connectivity index (χ3v) is 4.80. The fraction of sp³-hybridized carbons (Fsp3) is 0.462. The summed E-state index contributed by atoms with van der Waals surface area (Å²) in [5, 5.41) is 0. The van der Waals surface area contributed by atoms with E-state index in [1.807, 2.05) is 0 Å². The van der Waals surface area contributed by atoms with Crippen LogP contribution in [0.4, 0.5) is 10.1 Å². The lowest BCUT2D eigenvalue weighted by Crippen LogP contribution is -2.42. The smallest absolute Gasteiger partial charge is 0.243 e. The number of hydrogen-bond acceptors (Lipinski definition) is 4. The Morgan fingerprint density at radius 1 is 1.29 bits per heavy atom. The minimum absolute atomic E-state index is 0.135. The molecule has 1 fully saturated rings. The van der Waals surface area contributed by atoms with E-state index in [9.17, 15) is 17.6 Å². The molecule has 0 bridgehead atoms. The molecule has 1 aromatic rings. The van der Waals surface area contributed by atoms with Gasteiger partial charge >= 0.3 is 0 Å². The predicted molar refractivity (Wildman–Crippen MR) is 76.4 cm³/mol. The fourth-order valence-corrected chi connectivity index (χ4v) is 3.26. The zero-order valence-electron chi connectivity index (χ0n) is 11.5. The van der Waals surface area contributed by atoms with Crippen molar-refractivity contribution in [1.82, 2.24) is 9.62 Å². The monoisotopic (exact) mass is 315 g/mol. The lowest BCUT2D eigenvalue weighted by Gasteiger charge is -2.26. The number of nitrogens with zero attached hydrogens (tertiary/aromatic N) is 1. The third kappa shape index (κ3) is 3.92. The van der Waals surface area contributed by atoms with E-state index >= 15 is 0 Å². The summed E-state index contributed by atoms with van der Waals surface area (Å²) in [6.07, 6.45) is 2.92. The number of piperidine rings is 1. The number of nitrogen functional groups attached to an aromatic ring is 1. The lowest BCUT2D eigenvalue weighted by atomic mass is 10.1. The summed E-state index contributed by atoms with van der Waals surface area (Å²) in [6, 6.07) is 3.31. The minimum atomic E-state index is -4.07. The Balaban J connectivity index is 2.02. The highest BCUT2D eigenvalue weighted by atomic mass is 32.2. The van der Waals surface area contributed by atoms with E-state index in [0.29, 0.717) is 13.1 Å². The lowest BCUT2D eigenvalue weighted by molar-refractivity contribution is -0.130. The molecule has 0 unspecified atom stereocenters. The van der Waals surface area contributed by atoms with Gasteiger partial charge in [0.25, 0.3) is 0 Å². The molecule has 6 nitrogen and oxygen atoms in total. The van der Waals surface area contributed by atoms with Crippen molar-refractivity contribution >= 4 is 21.6 Å². The van der Waals surface area contributed by atoms with E-state index in [2.05, 4.69) is 4.72 Å². The topological polar surface area (TPSA) is 92.5 Å². The highest BCUT2D eigenvalue weighted by molar-refractivity contribution is 7.89. The molecule has 8 heteroatoms. The molecule has 1 aliphatic heterocycles. The third-order valence-electron chi connectivity index (χ3n) is 3.37. The molecular formula is C13H18FN3O3S. The van der Waals surface area contributed by atoms with E-state index < -0.39 is 20.7 Å². The van der Waals surface area contributed by atoms with Gasteiger partial charge in [0.05, 0.1) is 6.54 Å². The molecule has 1 saturated heterocycles.